The van der Waals surface area contributed by atoms with E-state index in [9.17, 15) is 4.79 Å². The molecule has 21 heavy (non-hydrogen) atoms. The lowest BCUT2D eigenvalue weighted by atomic mass is 9.78. The van der Waals surface area contributed by atoms with Gasteiger partial charge in [-0.05, 0) is 31.8 Å². The van der Waals surface area contributed by atoms with E-state index >= 15 is 0 Å². The van der Waals surface area contributed by atoms with Gasteiger partial charge in [0, 0.05) is 18.8 Å². The average molecular weight is 296 g/mol. The summed E-state index contributed by atoms with van der Waals surface area (Å²) in [4.78, 5) is 11.9. The monoisotopic (exact) mass is 296 g/mol. The minimum atomic E-state index is -0.570. The Labute approximate surface area is 127 Å². The lowest BCUT2D eigenvalue weighted by molar-refractivity contribution is -0.313. The quantitative estimate of drug-likeness (QED) is 0.746. The summed E-state index contributed by atoms with van der Waals surface area (Å²) in [7, 11) is 1.43. The van der Waals surface area contributed by atoms with Crippen LogP contribution in [-0.2, 0) is 19.0 Å². The number of methoxy groups -OCH3 is 1. The second-order valence-electron chi connectivity index (χ2n) is 6.48. The van der Waals surface area contributed by atoms with Crippen LogP contribution in [0.15, 0.2) is 11.8 Å². The lowest BCUT2D eigenvalue weighted by Gasteiger charge is -2.50. The first-order valence-electron chi connectivity index (χ1n) is 8.07. The zero-order valence-electron chi connectivity index (χ0n) is 13.8. The third-order valence-corrected chi connectivity index (χ3v) is 4.96. The highest BCUT2D eigenvalue weighted by atomic mass is 16.7. The summed E-state index contributed by atoms with van der Waals surface area (Å²) in [6, 6.07) is 0. The van der Waals surface area contributed by atoms with E-state index in [1.165, 1.54) is 7.11 Å². The average Bonchev–Trinajstić information content (AvgIpc) is 2.50. The first kappa shape index (κ1) is 16.3. The van der Waals surface area contributed by atoms with Crippen molar-refractivity contribution < 1.29 is 19.0 Å². The van der Waals surface area contributed by atoms with Gasteiger partial charge in [-0.3, -0.25) is 4.79 Å². The Morgan fingerprint density at radius 3 is 2.86 bits per heavy atom. The van der Waals surface area contributed by atoms with Crippen LogP contribution >= 0.6 is 0 Å². The SMILES string of the molecule is CCC1=CCC[C@@]2(O1)O[C@H]([C@@H](C)C(=O)OC)[C@@H](C)C[C@H]2C. The molecule has 0 aromatic carbocycles. The predicted molar refractivity (Wildman–Crippen MR) is 80.4 cm³/mol. The molecule has 2 rings (SSSR count). The highest BCUT2D eigenvalue weighted by Crippen LogP contribution is 2.46. The molecule has 1 fully saturated rings. The molecule has 0 radical (unpaired) electrons. The topological polar surface area (TPSA) is 44.8 Å². The van der Waals surface area contributed by atoms with Gasteiger partial charge in [-0.1, -0.05) is 20.8 Å². The Hall–Kier alpha value is -1.03. The number of esters is 1. The highest BCUT2D eigenvalue weighted by Gasteiger charge is 2.50. The number of hydrogen-bond donors (Lipinski definition) is 0. The fourth-order valence-corrected chi connectivity index (χ4v) is 3.64. The molecule has 0 amide bonds. The number of carbonyl (C=O) groups is 1. The van der Waals surface area contributed by atoms with Gasteiger partial charge in [-0.15, -0.1) is 0 Å². The van der Waals surface area contributed by atoms with Crippen LogP contribution in [0.2, 0.25) is 0 Å². The van der Waals surface area contributed by atoms with E-state index in [0.717, 1.165) is 31.4 Å². The normalized spacial score (nSPS) is 37.6. The Balaban J connectivity index is 2.20. The van der Waals surface area contributed by atoms with Crippen molar-refractivity contribution in [3.63, 3.8) is 0 Å². The van der Waals surface area contributed by atoms with E-state index < -0.39 is 5.79 Å². The van der Waals surface area contributed by atoms with Gasteiger partial charge in [0.25, 0.3) is 0 Å². The second-order valence-corrected chi connectivity index (χ2v) is 6.48. The Bertz CT molecular complexity index is 417. The van der Waals surface area contributed by atoms with Crippen molar-refractivity contribution in [3.05, 3.63) is 11.8 Å². The van der Waals surface area contributed by atoms with Gasteiger partial charge in [0.1, 0.15) is 0 Å². The minimum absolute atomic E-state index is 0.148. The summed E-state index contributed by atoms with van der Waals surface area (Å²) in [6.07, 6.45) is 5.71. The summed E-state index contributed by atoms with van der Waals surface area (Å²) < 4.78 is 17.5. The Morgan fingerprint density at radius 2 is 2.24 bits per heavy atom. The van der Waals surface area contributed by atoms with Gasteiger partial charge >= 0.3 is 5.97 Å². The molecule has 0 N–H and O–H groups in total. The summed E-state index contributed by atoms with van der Waals surface area (Å²) >= 11 is 0. The number of hydrogen-bond acceptors (Lipinski definition) is 4. The molecular weight excluding hydrogens is 268 g/mol. The number of rotatable bonds is 3. The van der Waals surface area contributed by atoms with Crippen LogP contribution in [0.25, 0.3) is 0 Å². The lowest BCUT2D eigenvalue weighted by Crippen LogP contribution is -2.54. The summed E-state index contributed by atoms with van der Waals surface area (Å²) in [5.74, 6) is 0.599. The summed E-state index contributed by atoms with van der Waals surface area (Å²) in [5.41, 5.74) is 0. The van der Waals surface area contributed by atoms with Crippen LogP contribution in [0, 0.1) is 17.8 Å². The summed E-state index contributed by atoms with van der Waals surface area (Å²) in [5, 5.41) is 0. The molecule has 4 nitrogen and oxygen atoms in total. The van der Waals surface area contributed by atoms with Crippen molar-refractivity contribution in [3.8, 4) is 0 Å². The van der Waals surface area contributed by atoms with Crippen molar-refractivity contribution in [2.24, 2.45) is 17.8 Å². The molecule has 2 aliphatic rings. The van der Waals surface area contributed by atoms with E-state index in [1.54, 1.807) is 0 Å². The van der Waals surface area contributed by atoms with Crippen molar-refractivity contribution in [1.29, 1.82) is 0 Å². The van der Waals surface area contributed by atoms with Crippen LogP contribution in [0.3, 0.4) is 0 Å². The maximum absolute atomic E-state index is 11.9. The molecule has 0 aliphatic carbocycles. The van der Waals surface area contributed by atoms with Crippen LogP contribution < -0.4 is 0 Å². The molecule has 2 aliphatic heterocycles. The molecule has 1 spiro atoms. The molecule has 0 saturated carbocycles. The smallest absolute Gasteiger partial charge is 0.311 e. The zero-order valence-corrected chi connectivity index (χ0v) is 13.8. The van der Waals surface area contributed by atoms with Crippen LogP contribution in [0.5, 0.6) is 0 Å². The van der Waals surface area contributed by atoms with Gasteiger partial charge in [-0.2, -0.15) is 0 Å². The fourth-order valence-electron chi connectivity index (χ4n) is 3.64. The van der Waals surface area contributed by atoms with Crippen LogP contribution in [-0.4, -0.2) is 25.0 Å². The van der Waals surface area contributed by atoms with E-state index in [-0.39, 0.29) is 18.0 Å². The molecule has 0 aromatic rings. The maximum atomic E-state index is 11.9. The molecular formula is C17H28O4. The Morgan fingerprint density at radius 1 is 1.52 bits per heavy atom. The fraction of sp³-hybridized carbons (Fsp3) is 0.824. The van der Waals surface area contributed by atoms with Gasteiger partial charge < -0.3 is 14.2 Å². The minimum Gasteiger partial charge on any atom is -0.469 e. The molecule has 0 unspecified atom stereocenters. The van der Waals surface area contributed by atoms with E-state index in [1.807, 2.05) is 6.92 Å². The van der Waals surface area contributed by atoms with Crippen LogP contribution in [0.1, 0.15) is 53.4 Å². The van der Waals surface area contributed by atoms with Crippen molar-refractivity contribution in [1.82, 2.24) is 0 Å². The second kappa shape index (κ2) is 6.39. The first-order valence-corrected chi connectivity index (χ1v) is 8.07. The van der Waals surface area contributed by atoms with Gasteiger partial charge in [-0.25, -0.2) is 0 Å². The summed E-state index contributed by atoms with van der Waals surface area (Å²) in [6.45, 7) is 8.31. The number of allylic oxidation sites excluding steroid dienone is 2. The largest absolute Gasteiger partial charge is 0.469 e. The maximum Gasteiger partial charge on any atom is 0.311 e. The third kappa shape index (κ3) is 3.10. The van der Waals surface area contributed by atoms with Gasteiger partial charge in [0.2, 0.25) is 5.79 Å². The third-order valence-electron chi connectivity index (χ3n) is 4.96. The number of ether oxygens (including phenoxy) is 3. The van der Waals surface area contributed by atoms with Crippen molar-refractivity contribution in [2.75, 3.05) is 7.11 Å². The van der Waals surface area contributed by atoms with Gasteiger partial charge in [0.15, 0.2) is 0 Å². The van der Waals surface area contributed by atoms with Crippen molar-refractivity contribution in [2.45, 2.75) is 65.3 Å². The highest BCUT2D eigenvalue weighted by molar-refractivity contribution is 5.72. The Kier molecular flexibility index (Phi) is 4.97. The standard InChI is InChI=1S/C17H28O4/c1-6-14-8-7-9-17(20-14)12(3)10-11(2)15(21-17)13(4)16(18)19-5/h8,11-13,15H,6-7,9-10H2,1-5H3/t11-,12+,13+,15-,17+/m0/s1. The number of carbonyl (C=O) groups excluding carboxylic acids is 1. The van der Waals surface area contributed by atoms with Gasteiger partial charge in [0.05, 0.1) is 24.9 Å². The van der Waals surface area contributed by atoms with Crippen LogP contribution in [0.4, 0.5) is 0 Å². The molecule has 4 heteroatoms. The zero-order chi connectivity index (χ0) is 15.6. The molecule has 120 valence electrons. The van der Waals surface area contributed by atoms with Crippen molar-refractivity contribution >= 4 is 5.97 Å². The molecule has 1 saturated heterocycles. The molecule has 0 bridgehead atoms. The predicted octanol–water partition coefficient (Wildman–Crippen LogP) is 3.66. The molecule has 2 heterocycles. The first-order chi connectivity index (χ1) is 9.93. The van der Waals surface area contributed by atoms with E-state index in [2.05, 4.69) is 26.8 Å². The van der Waals surface area contributed by atoms with E-state index in [0.29, 0.717) is 11.8 Å². The molecule has 0 aromatic heterocycles. The van der Waals surface area contributed by atoms with E-state index in [4.69, 9.17) is 14.2 Å². The molecule has 5 atom stereocenters.